The normalized spacial score (nSPS) is 11.9. The minimum absolute atomic E-state index is 0.305. The van der Waals surface area contributed by atoms with Crippen molar-refractivity contribution in [2.75, 3.05) is 19.5 Å². The molecule has 32 heavy (non-hydrogen) atoms. The molecule has 0 saturated carbocycles. The van der Waals surface area contributed by atoms with Crippen LogP contribution in [0.2, 0.25) is 0 Å². The fraction of sp³-hybridized carbons (Fsp3) is 0.154. The van der Waals surface area contributed by atoms with E-state index in [-0.39, 0.29) is 5.91 Å². The second kappa shape index (κ2) is 8.23. The Hall–Kier alpha value is -4.06. The van der Waals surface area contributed by atoms with Crippen LogP contribution in [0.5, 0.6) is 11.5 Å². The Balaban J connectivity index is 1.40. The summed E-state index contributed by atoms with van der Waals surface area (Å²) in [4.78, 5) is 12.9. The number of carbonyl (C=O) groups is 1. The summed E-state index contributed by atoms with van der Waals surface area (Å²) < 4.78 is 16.4. The third kappa shape index (κ3) is 3.39. The largest absolute Gasteiger partial charge is 0.496 e. The first-order chi connectivity index (χ1) is 15.7. The van der Waals surface area contributed by atoms with Gasteiger partial charge in [-0.15, -0.1) is 0 Å². The third-order valence-corrected chi connectivity index (χ3v) is 5.76. The average Bonchev–Trinajstić information content (AvgIpc) is 3.28. The van der Waals surface area contributed by atoms with E-state index in [1.54, 1.807) is 18.2 Å². The van der Waals surface area contributed by atoms with Gasteiger partial charge < -0.3 is 19.3 Å². The number of aromatic nitrogens is 1. The summed E-state index contributed by atoms with van der Waals surface area (Å²) in [6.45, 7) is 0. The molecule has 5 rings (SSSR count). The number of amides is 1. The fourth-order valence-corrected chi connectivity index (χ4v) is 4.18. The van der Waals surface area contributed by atoms with Gasteiger partial charge in [-0.25, -0.2) is 0 Å². The fourth-order valence-electron chi connectivity index (χ4n) is 4.18. The molecule has 3 aromatic carbocycles. The highest BCUT2D eigenvalue weighted by atomic mass is 16.5. The molecule has 0 fully saturated rings. The van der Waals surface area contributed by atoms with Crippen molar-refractivity contribution in [1.82, 2.24) is 5.16 Å². The van der Waals surface area contributed by atoms with Gasteiger partial charge in [0.1, 0.15) is 22.8 Å². The number of hydrogen-bond acceptors (Lipinski definition) is 5. The lowest BCUT2D eigenvalue weighted by atomic mass is 9.88. The van der Waals surface area contributed by atoms with E-state index < -0.39 is 0 Å². The smallest absolute Gasteiger partial charge is 0.263 e. The number of nitrogens with one attached hydrogen (secondary N) is 1. The van der Waals surface area contributed by atoms with Crippen molar-refractivity contribution in [3.63, 3.8) is 0 Å². The molecule has 1 amide bonds. The number of ether oxygens (including phenoxy) is 2. The summed E-state index contributed by atoms with van der Waals surface area (Å²) in [6, 6.07) is 21.1. The van der Waals surface area contributed by atoms with Crippen LogP contribution >= 0.6 is 0 Å². The van der Waals surface area contributed by atoms with Gasteiger partial charge in [0.05, 0.1) is 14.2 Å². The molecule has 6 heteroatoms. The molecule has 1 N–H and O–H groups in total. The van der Waals surface area contributed by atoms with Crippen LogP contribution in [0.25, 0.3) is 22.6 Å². The summed E-state index contributed by atoms with van der Waals surface area (Å²) >= 11 is 0. The SMILES string of the molecule is COc1cccc(OC)c1C(=O)Nc1ccc(-c2onc3c2CCc2ccccc2-3)cc1. The van der Waals surface area contributed by atoms with Crippen molar-refractivity contribution in [2.45, 2.75) is 12.8 Å². The molecular formula is C26H22N2O4. The molecule has 1 aliphatic rings. The van der Waals surface area contributed by atoms with Gasteiger partial charge in [-0.1, -0.05) is 35.5 Å². The molecule has 6 nitrogen and oxygen atoms in total. The lowest BCUT2D eigenvalue weighted by Crippen LogP contribution is -2.14. The standard InChI is InChI=1S/C26H22N2O4/c1-30-21-8-5-9-22(31-2)23(21)26(29)27-18-13-10-17(11-14-18)25-20-15-12-16-6-3-4-7-19(16)24(20)28-32-25/h3-11,13-14H,12,15H2,1-2H3,(H,27,29). The van der Waals surface area contributed by atoms with Gasteiger partial charge in [-0.3, -0.25) is 4.79 Å². The second-order valence-electron chi connectivity index (χ2n) is 7.57. The van der Waals surface area contributed by atoms with Gasteiger partial charge in [0.2, 0.25) is 0 Å². The minimum Gasteiger partial charge on any atom is -0.496 e. The third-order valence-electron chi connectivity index (χ3n) is 5.76. The molecule has 0 aliphatic heterocycles. The predicted octanol–water partition coefficient (Wildman–Crippen LogP) is 5.38. The molecule has 4 aromatic rings. The zero-order chi connectivity index (χ0) is 22.1. The summed E-state index contributed by atoms with van der Waals surface area (Å²) in [6.07, 6.45) is 1.85. The Morgan fingerprint density at radius 3 is 2.34 bits per heavy atom. The number of fused-ring (bicyclic) bond motifs is 3. The molecule has 0 bridgehead atoms. The Labute approximate surface area is 185 Å². The van der Waals surface area contributed by atoms with Gasteiger partial charge in [0.25, 0.3) is 5.91 Å². The van der Waals surface area contributed by atoms with Crippen molar-refractivity contribution in [1.29, 1.82) is 0 Å². The van der Waals surface area contributed by atoms with Crippen molar-refractivity contribution in [3.05, 3.63) is 83.4 Å². The lowest BCUT2D eigenvalue weighted by molar-refractivity contribution is 0.102. The van der Waals surface area contributed by atoms with Crippen LogP contribution in [0.15, 0.2) is 71.3 Å². The molecule has 1 aromatic heterocycles. The van der Waals surface area contributed by atoms with Crippen molar-refractivity contribution < 1.29 is 18.8 Å². The highest BCUT2D eigenvalue weighted by Gasteiger charge is 2.24. The Kier molecular flexibility index (Phi) is 5.11. The first-order valence-corrected chi connectivity index (χ1v) is 10.4. The van der Waals surface area contributed by atoms with Crippen LogP contribution in [-0.2, 0) is 12.8 Å². The second-order valence-corrected chi connectivity index (χ2v) is 7.57. The summed E-state index contributed by atoms with van der Waals surface area (Å²) in [5, 5.41) is 7.26. The number of methoxy groups -OCH3 is 2. The quantitative estimate of drug-likeness (QED) is 0.464. The zero-order valence-corrected chi connectivity index (χ0v) is 17.8. The van der Waals surface area contributed by atoms with Gasteiger partial charge in [-0.05, 0) is 54.8 Å². The Morgan fingerprint density at radius 2 is 1.62 bits per heavy atom. The first kappa shape index (κ1) is 19.9. The maximum absolute atomic E-state index is 12.9. The summed E-state index contributed by atoms with van der Waals surface area (Å²) in [7, 11) is 3.05. The van der Waals surface area contributed by atoms with E-state index in [4.69, 9.17) is 14.0 Å². The van der Waals surface area contributed by atoms with Crippen LogP contribution < -0.4 is 14.8 Å². The van der Waals surface area contributed by atoms with E-state index in [1.807, 2.05) is 30.3 Å². The van der Waals surface area contributed by atoms with Crippen molar-refractivity contribution in [3.8, 4) is 34.1 Å². The minimum atomic E-state index is -0.305. The van der Waals surface area contributed by atoms with Crippen LogP contribution in [0.3, 0.4) is 0 Å². The molecule has 0 saturated heterocycles. The van der Waals surface area contributed by atoms with Crippen LogP contribution in [-0.4, -0.2) is 25.3 Å². The first-order valence-electron chi connectivity index (χ1n) is 10.4. The van der Waals surface area contributed by atoms with E-state index in [2.05, 4.69) is 28.7 Å². The molecule has 160 valence electrons. The molecule has 0 spiro atoms. The van der Waals surface area contributed by atoms with E-state index in [0.29, 0.717) is 22.7 Å². The number of benzene rings is 3. The molecule has 0 unspecified atom stereocenters. The zero-order valence-electron chi connectivity index (χ0n) is 17.8. The van der Waals surface area contributed by atoms with Gasteiger partial charge in [-0.2, -0.15) is 0 Å². The van der Waals surface area contributed by atoms with Gasteiger partial charge >= 0.3 is 0 Å². The van der Waals surface area contributed by atoms with E-state index in [1.165, 1.54) is 19.8 Å². The topological polar surface area (TPSA) is 73.6 Å². The molecular weight excluding hydrogens is 404 g/mol. The maximum Gasteiger partial charge on any atom is 0.263 e. The number of aryl methyl sites for hydroxylation is 1. The molecule has 0 atom stereocenters. The van der Waals surface area contributed by atoms with Gasteiger partial charge in [0.15, 0.2) is 5.76 Å². The molecule has 1 heterocycles. The van der Waals surface area contributed by atoms with Gasteiger partial charge in [0, 0.05) is 22.4 Å². The number of hydrogen-bond donors (Lipinski definition) is 1. The Bertz CT molecular complexity index is 1270. The maximum atomic E-state index is 12.9. The number of rotatable bonds is 5. The summed E-state index contributed by atoms with van der Waals surface area (Å²) in [5.41, 5.74) is 6.41. The lowest BCUT2D eigenvalue weighted by Gasteiger charge is -2.15. The van der Waals surface area contributed by atoms with E-state index in [9.17, 15) is 4.79 Å². The van der Waals surface area contributed by atoms with Crippen LogP contribution in [0, 0.1) is 0 Å². The monoisotopic (exact) mass is 426 g/mol. The molecule has 0 radical (unpaired) electrons. The van der Waals surface area contributed by atoms with Crippen LogP contribution in [0.4, 0.5) is 5.69 Å². The number of anilines is 1. The van der Waals surface area contributed by atoms with E-state index >= 15 is 0 Å². The summed E-state index contributed by atoms with van der Waals surface area (Å²) in [5.74, 6) is 1.37. The number of nitrogens with zero attached hydrogens (tertiary/aromatic N) is 1. The highest BCUT2D eigenvalue weighted by Crippen LogP contribution is 2.38. The average molecular weight is 426 g/mol. The van der Waals surface area contributed by atoms with Crippen LogP contribution in [0.1, 0.15) is 21.5 Å². The Morgan fingerprint density at radius 1 is 0.906 bits per heavy atom. The number of carbonyl (C=O) groups excluding carboxylic acids is 1. The molecule has 1 aliphatic carbocycles. The highest BCUT2D eigenvalue weighted by molar-refractivity contribution is 6.08. The van der Waals surface area contributed by atoms with Crippen molar-refractivity contribution in [2.24, 2.45) is 0 Å². The van der Waals surface area contributed by atoms with E-state index in [0.717, 1.165) is 41.0 Å². The predicted molar refractivity (Wildman–Crippen MR) is 122 cm³/mol. The van der Waals surface area contributed by atoms with Crippen molar-refractivity contribution >= 4 is 11.6 Å².